The molecule has 0 spiro atoms. The Morgan fingerprint density at radius 2 is 1.68 bits per heavy atom. The minimum Gasteiger partial charge on any atom is -0.292 e. The summed E-state index contributed by atoms with van der Waals surface area (Å²) in [6.45, 7) is 0. The topological polar surface area (TPSA) is 40.9 Å². The van der Waals surface area contributed by atoms with Crippen LogP contribution in [0.15, 0.2) is 53.0 Å². The van der Waals surface area contributed by atoms with Crippen molar-refractivity contribution in [2.24, 2.45) is 0 Å². The van der Waals surface area contributed by atoms with E-state index in [-0.39, 0.29) is 5.78 Å². The van der Waals surface area contributed by atoms with Crippen molar-refractivity contribution < 1.29 is 9.18 Å². The summed E-state index contributed by atoms with van der Waals surface area (Å²) in [5, 5.41) is 9.18. The molecule has 1 atom stereocenters. The molecule has 0 aromatic heterocycles. The monoisotopic (exact) mass is 317 g/mol. The van der Waals surface area contributed by atoms with E-state index < -0.39 is 11.7 Å². The Morgan fingerprint density at radius 3 is 2.21 bits per heavy atom. The maximum atomic E-state index is 12.8. The summed E-state index contributed by atoms with van der Waals surface area (Å²) < 4.78 is 13.7. The highest BCUT2D eigenvalue weighted by molar-refractivity contribution is 9.10. The number of nitrogens with zero attached hydrogens (tertiary/aromatic N) is 1. The molecule has 2 aromatic rings. The molecule has 0 heterocycles. The smallest absolute Gasteiger partial charge is 0.184 e. The zero-order valence-corrected chi connectivity index (χ0v) is 11.4. The first-order chi connectivity index (χ1) is 9.11. The Kier molecular flexibility index (Phi) is 4.08. The first kappa shape index (κ1) is 13.4. The Bertz CT molecular complexity index is 629. The molecule has 0 saturated heterocycles. The predicted molar refractivity (Wildman–Crippen MR) is 73.2 cm³/mol. The van der Waals surface area contributed by atoms with Crippen molar-refractivity contribution in [2.45, 2.75) is 5.92 Å². The van der Waals surface area contributed by atoms with Crippen molar-refractivity contribution in [1.29, 1.82) is 5.26 Å². The lowest BCUT2D eigenvalue weighted by Gasteiger charge is -2.08. The van der Waals surface area contributed by atoms with E-state index in [2.05, 4.69) is 15.9 Å². The minimum absolute atomic E-state index is 0.329. The van der Waals surface area contributed by atoms with Crippen LogP contribution in [0.1, 0.15) is 21.8 Å². The van der Waals surface area contributed by atoms with Crippen LogP contribution in [-0.4, -0.2) is 5.78 Å². The molecular weight excluding hydrogens is 309 g/mol. The van der Waals surface area contributed by atoms with Crippen LogP contribution in [0.5, 0.6) is 0 Å². The second-order valence-electron chi connectivity index (χ2n) is 3.98. The number of Topliss-reactive ketones (excluding diaryl/α,β-unsaturated/α-hetero) is 1. The van der Waals surface area contributed by atoms with Crippen molar-refractivity contribution >= 4 is 21.7 Å². The predicted octanol–water partition coefficient (Wildman–Crippen LogP) is 4.08. The van der Waals surface area contributed by atoms with Gasteiger partial charge < -0.3 is 0 Å². The van der Waals surface area contributed by atoms with Crippen molar-refractivity contribution in [3.63, 3.8) is 0 Å². The van der Waals surface area contributed by atoms with Crippen LogP contribution >= 0.6 is 15.9 Å². The lowest BCUT2D eigenvalue weighted by Crippen LogP contribution is -2.11. The minimum atomic E-state index is -0.876. The molecule has 0 radical (unpaired) electrons. The van der Waals surface area contributed by atoms with Gasteiger partial charge in [0.1, 0.15) is 11.7 Å². The third-order valence-corrected chi connectivity index (χ3v) is 3.25. The van der Waals surface area contributed by atoms with Crippen LogP contribution in [0.2, 0.25) is 0 Å². The largest absolute Gasteiger partial charge is 0.292 e. The average Bonchev–Trinajstić information content (AvgIpc) is 2.42. The molecule has 0 bridgehead atoms. The lowest BCUT2D eigenvalue weighted by atomic mass is 9.92. The molecule has 0 amide bonds. The number of carbonyl (C=O) groups is 1. The van der Waals surface area contributed by atoms with E-state index in [1.807, 2.05) is 6.07 Å². The van der Waals surface area contributed by atoms with Gasteiger partial charge in [0.05, 0.1) is 6.07 Å². The fourth-order valence-electron chi connectivity index (χ4n) is 1.72. The third-order valence-electron chi connectivity index (χ3n) is 2.72. The van der Waals surface area contributed by atoms with Gasteiger partial charge >= 0.3 is 0 Å². The molecule has 0 N–H and O–H groups in total. The van der Waals surface area contributed by atoms with Gasteiger partial charge in [-0.1, -0.05) is 28.1 Å². The normalized spacial score (nSPS) is 11.6. The average molecular weight is 318 g/mol. The van der Waals surface area contributed by atoms with E-state index in [0.717, 1.165) is 4.47 Å². The number of benzene rings is 2. The Balaban J connectivity index is 2.32. The molecule has 1 unspecified atom stereocenters. The van der Waals surface area contributed by atoms with E-state index in [0.29, 0.717) is 11.1 Å². The molecule has 4 heteroatoms. The van der Waals surface area contributed by atoms with Gasteiger partial charge in [-0.15, -0.1) is 0 Å². The van der Waals surface area contributed by atoms with Gasteiger partial charge in [-0.05, 0) is 42.0 Å². The summed E-state index contributed by atoms with van der Waals surface area (Å²) in [5.41, 5.74) is 0.955. The van der Waals surface area contributed by atoms with Crippen LogP contribution in [0, 0.1) is 17.1 Å². The summed E-state index contributed by atoms with van der Waals surface area (Å²) in [4.78, 5) is 12.2. The van der Waals surface area contributed by atoms with E-state index >= 15 is 0 Å². The standard InChI is InChI=1S/C15H9BrFNO/c16-12-5-1-10(2-6-12)14(9-18)15(19)11-3-7-13(17)8-4-11/h1-8,14H. The van der Waals surface area contributed by atoms with Gasteiger partial charge in [-0.2, -0.15) is 5.26 Å². The first-order valence-electron chi connectivity index (χ1n) is 5.56. The van der Waals surface area contributed by atoms with Gasteiger partial charge in [-0.3, -0.25) is 4.79 Å². The van der Waals surface area contributed by atoms with Crippen LogP contribution in [0.25, 0.3) is 0 Å². The molecule has 0 fully saturated rings. The lowest BCUT2D eigenvalue weighted by molar-refractivity contribution is 0.0979. The molecule has 19 heavy (non-hydrogen) atoms. The van der Waals surface area contributed by atoms with E-state index in [1.165, 1.54) is 24.3 Å². The fraction of sp³-hybridized carbons (Fsp3) is 0.0667. The number of carbonyl (C=O) groups excluding carboxylic acids is 1. The Hall–Kier alpha value is -1.99. The van der Waals surface area contributed by atoms with Crippen molar-refractivity contribution in [2.75, 3.05) is 0 Å². The zero-order valence-electron chi connectivity index (χ0n) is 9.81. The highest BCUT2D eigenvalue weighted by Crippen LogP contribution is 2.22. The molecule has 94 valence electrons. The van der Waals surface area contributed by atoms with Gasteiger partial charge in [0.25, 0.3) is 0 Å². The number of hydrogen-bond donors (Lipinski definition) is 0. The van der Waals surface area contributed by atoms with Crippen LogP contribution < -0.4 is 0 Å². The molecule has 2 aromatic carbocycles. The molecule has 0 aliphatic rings. The SMILES string of the molecule is N#CC(C(=O)c1ccc(F)cc1)c1ccc(Br)cc1. The maximum absolute atomic E-state index is 12.8. The van der Waals surface area contributed by atoms with Gasteiger partial charge in [0, 0.05) is 10.0 Å². The molecule has 0 aliphatic heterocycles. The van der Waals surface area contributed by atoms with Crippen molar-refractivity contribution in [1.82, 2.24) is 0 Å². The van der Waals surface area contributed by atoms with Crippen molar-refractivity contribution in [3.8, 4) is 6.07 Å². The highest BCUT2D eigenvalue weighted by atomic mass is 79.9. The fourth-order valence-corrected chi connectivity index (χ4v) is 1.98. The maximum Gasteiger partial charge on any atom is 0.184 e. The van der Waals surface area contributed by atoms with Crippen molar-refractivity contribution in [3.05, 3.63) is 69.9 Å². The zero-order chi connectivity index (χ0) is 13.8. The summed E-state index contributed by atoms with van der Waals surface area (Å²) >= 11 is 3.30. The van der Waals surface area contributed by atoms with Gasteiger partial charge in [0.2, 0.25) is 0 Å². The number of rotatable bonds is 3. The quantitative estimate of drug-likeness (QED) is 0.800. The van der Waals surface area contributed by atoms with Crippen LogP contribution in [0.4, 0.5) is 4.39 Å². The summed E-state index contributed by atoms with van der Waals surface area (Å²) in [7, 11) is 0. The second kappa shape index (κ2) is 5.77. The van der Waals surface area contributed by atoms with Crippen LogP contribution in [0.3, 0.4) is 0 Å². The number of halogens is 2. The Labute approximate surface area is 118 Å². The highest BCUT2D eigenvalue weighted by Gasteiger charge is 2.21. The van der Waals surface area contributed by atoms with E-state index in [4.69, 9.17) is 0 Å². The second-order valence-corrected chi connectivity index (χ2v) is 4.90. The number of ketones is 1. The number of hydrogen-bond acceptors (Lipinski definition) is 2. The summed E-state index contributed by atoms with van der Waals surface area (Å²) in [6, 6.07) is 14.2. The van der Waals surface area contributed by atoms with E-state index in [9.17, 15) is 14.4 Å². The molecule has 0 aliphatic carbocycles. The van der Waals surface area contributed by atoms with E-state index in [1.54, 1.807) is 24.3 Å². The molecule has 0 saturated carbocycles. The number of nitriles is 1. The molecular formula is C15H9BrFNO. The van der Waals surface area contributed by atoms with Crippen LogP contribution in [-0.2, 0) is 0 Å². The third kappa shape index (κ3) is 3.07. The molecule has 2 rings (SSSR count). The first-order valence-corrected chi connectivity index (χ1v) is 6.36. The Morgan fingerprint density at radius 1 is 1.11 bits per heavy atom. The molecule has 2 nitrogen and oxygen atoms in total. The van der Waals surface area contributed by atoms with Gasteiger partial charge in [-0.25, -0.2) is 4.39 Å². The summed E-state index contributed by atoms with van der Waals surface area (Å²) in [5.74, 6) is -1.61. The summed E-state index contributed by atoms with van der Waals surface area (Å²) in [6.07, 6.45) is 0. The van der Waals surface area contributed by atoms with Gasteiger partial charge in [0.15, 0.2) is 5.78 Å².